The van der Waals surface area contributed by atoms with Crippen molar-refractivity contribution in [3.05, 3.63) is 24.2 Å². The molecule has 0 aliphatic carbocycles. The Morgan fingerprint density at radius 2 is 2.10 bits per heavy atom. The van der Waals surface area contributed by atoms with Crippen LogP contribution in [0.5, 0.6) is 0 Å². The zero-order valence-electron chi connectivity index (χ0n) is 12.0. The molecule has 110 valence electrons. The summed E-state index contributed by atoms with van der Waals surface area (Å²) in [5.74, 6) is 0.941. The van der Waals surface area contributed by atoms with E-state index in [1.54, 1.807) is 6.20 Å². The molecule has 6 nitrogen and oxygen atoms in total. The lowest BCUT2D eigenvalue weighted by molar-refractivity contribution is 0.122. The molecular formula is C15H19N5O. The fourth-order valence-electron chi connectivity index (χ4n) is 3.10. The fourth-order valence-corrected chi connectivity index (χ4v) is 3.10. The summed E-state index contributed by atoms with van der Waals surface area (Å²) in [5.41, 5.74) is 3.03. The van der Waals surface area contributed by atoms with Crippen LogP contribution in [0, 0.1) is 0 Å². The highest BCUT2D eigenvalue weighted by molar-refractivity contribution is 5.78. The number of nitrogens with zero attached hydrogens (tertiary/aromatic N) is 4. The summed E-state index contributed by atoms with van der Waals surface area (Å²) in [6, 6.07) is 0.357. The molecule has 2 saturated heterocycles. The van der Waals surface area contributed by atoms with E-state index < -0.39 is 0 Å². The molecule has 2 aromatic heterocycles. The van der Waals surface area contributed by atoms with Crippen molar-refractivity contribution in [2.45, 2.75) is 18.9 Å². The Morgan fingerprint density at radius 3 is 2.90 bits per heavy atom. The summed E-state index contributed by atoms with van der Waals surface area (Å²) in [4.78, 5) is 16.0. The third kappa shape index (κ3) is 2.45. The Labute approximate surface area is 123 Å². The van der Waals surface area contributed by atoms with Crippen LogP contribution in [0.3, 0.4) is 0 Å². The van der Waals surface area contributed by atoms with E-state index in [9.17, 15) is 0 Å². The summed E-state index contributed by atoms with van der Waals surface area (Å²) >= 11 is 0. The maximum Gasteiger partial charge on any atom is 0.148 e. The first-order valence-corrected chi connectivity index (χ1v) is 7.58. The summed E-state index contributed by atoms with van der Waals surface area (Å²) < 4.78 is 5.40. The van der Waals surface area contributed by atoms with Crippen LogP contribution in [-0.2, 0) is 4.74 Å². The second kappa shape index (κ2) is 5.54. The summed E-state index contributed by atoms with van der Waals surface area (Å²) in [5, 5.41) is 3.52. The van der Waals surface area contributed by atoms with Crippen LogP contribution >= 0.6 is 0 Å². The number of morpholine rings is 1. The van der Waals surface area contributed by atoms with Crippen molar-refractivity contribution in [1.29, 1.82) is 0 Å². The van der Waals surface area contributed by atoms with Gasteiger partial charge in [0.15, 0.2) is 0 Å². The number of anilines is 1. The van der Waals surface area contributed by atoms with Crippen molar-refractivity contribution in [2.24, 2.45) is 0 Å². The fraction of sp³-hybridized carbons (Fsp3) is 0.533. The lowest BCUT2D eigenvalue weighted by Crippen LogP contribution is -2.36. The predicted molar refractivity (Wildman–Crippen MR) is 80.3 cm³/mol. The summed E-state index contributed by atoms with van der Waals surface area (Å²) in [6.07, 6.45) is 7.93. The summed E-state index contributed by atoms with van der Waals surface area (Å²) in [6.45, 7) is 4.34. The predicted octanol–water partition coefficient (Wildman–Crippen LogP) is 1.29. The van der Waals surface area contributed by atoms with E-state index in [1.807, 2.05) is 12.4 Å². The molecule has 0 aromatic carbocycles. The maximum absolute atomic E-state index is 5.40. The Bertz CT molecular complexity index is 635. The summed E-state index contributed by atoms with van der Waals surface area (Å²) in [7, 11) is 0. The number of nitrogens with one attached hydrogen (secondary N) is 1. The van der Waals surface area contributed by atoms with E-state index in [2.05, 4.69) is 20.2 Å². The van der Waals surface area contributed by atoms with Gasteiger partial charge in [-0.1, -0.05) is 0 Å². The SMILES string of the molecule is c1nc2cncc(C3CCCN3)c2nc1N1CCOCC1. The minimum Gasteiger partial charge on any atom is -0.378 e. The van der Waals surface area contributed by atoms with E-state index in [4.69, 9.17) is 9.72 Å². The van der Waals surface area contributed by atoms with Gasteiger partial charge in [0, 0.05) is 30.9 Å². The highest BCUT2D eigenvalue weighted by Gasteiger charge is 2.21. The van der Waals surface area contributed by atoms with Crippen LogP contribution in [0.15, 0.2) is 18.6 Å². The van der Waals surface area contributed by atoms with Gasteiger partial charge in [-0.3, -0.25) is 4.98 Å². The molecule has 2 aromatic rings. The number of fused-ring (bicyclic) bond motifs is 1. The Balaban J connectivity index is 1.75. The van der Waals surface area contributed by atoms with Gasteiger partial charge in [0.2, 0.25) is 0 Å². The number of hydrogen-bond donors (Lipinski definition) is 1. The third-order valence-electron chi connectivity index (χ3n) is 4.24. The maximum atomic E-state index is 5.40. The van der Waals surface area contributed by atoms with Crippen molar-refractivity contribution in [1.82, 2.24) is 20.3 Å². The molecule has 1 unspecified atom stereocenters. The first-order valence-electron chi connectivity index (χ1n) is 7.58. The van der Waals surface area contributed by atoms with Gasteiger partial charge in [-0.05, 0) is 19.4 Å². The van der Waals surface area contributed by atoms with Gasteiger partial charge < -0.3 is 15.0 Å². The quantitative estimate of drug-likeness (QED) is 0.897. The molecule has 6 heteroatoms. The second-order valence-electron chi connectivity index (χ2n) is 5.57. The molecule has 2 fully saturated rings. The molecule has 0 spiro atoms. The first-order chi connectivity index (χ1) is 10.4. The average Bonchev–Trinajstić information content (AvgIpc) is 3.09. The number of aromatic nitrogens is 3. The highest BCUT2D eigenvalue weighted by atomic mass is 16.5. The number of ether oxygens (including phenoxy) is 1. The van der Waals surface area contributed by atoms with Crippen LogP contribution in [-0.4, -0.2) is 47.8 Å². The Hall–Kier alpha value is -1.79. The van der Waals surface area contributed by atoms with Crippen molar-refractivity contribution in [3.63, 3.8) is 0 Å². The molecule has 4 rings (SSSR count). The van der Waals surface area contributed by atoms with Crippen LogP contribution in [0.25, 0.3) is 11.0 Å². The monoisotopic (exact) mass is 285 g/mol. The Kier molecular flexibility index (Phi) is 3.40. The van der Waals surface area contributed by atoms with E-state index in [0.717, 1.165) is 56.1 Å². The number of rotatable bonds is 2. The van der Waals surface area contributed by atoms with Crippen LogP contribution in [0.4, 0.5) is 5.82 Å². The number of pyridine rings is 1. The molecule has 0 bridgehead atoms. The first kappa shape index (κ1) is 12.9. The van der Waals surface area contributed by atoms with Crippen LogP contribution < -0.4 is 10.2 Å². The topological polar surface area (TPSA) is 63.2 Å². The minimum atomic E-state index is 0.357. The highest BCUT2D eigenvalue weighted by Crippen LogP contribution is 2.28. The van der Waals surface area contributed by atoms with E-state index in [1.165, 1.54) is 12.0 Å². The smallest absolute Gasteiger partial charge is 0.148 e. The van der Waals surface area contributed by atoms with Crippen molar-refractivity contribution in [3.8, 4) is 0 Å². The normalized spacial score (nSPS) is 22.9. The van der Waals surface area contributed by atoms with Gasteiger partial charge in [-0.15, -0.1) is 0 Å². The molecule has 0 amide bonds. The molecule has 1 atom stereocenters. The van der Waals surface area contributed by atoms with E-state index >= 15 is 0 Å². The zero-order chi connectivity index (χ0) is 14.1. The standard InChI is InChI=1S/C15H19N5O/c1-2-12(17-3-1)11-8-16-9-13-15(11)19-14(10-18-13)20-4-6-21-7-5-20/h8-10,12,17H,1-7H2. The zero-order valence-corrected chi connectivity index (χ0v) is 12.0. The second-order valence-corrected chi connectivity index (χ2v) is 5.57. The van der Waals surface area contributed by atoms with Gasteiger partial charge in [0.25, 0.3) is 0 Å². The van der Waals surface area contributed by atoms with Crippen molar-refractivity contribution in [2.75, 3.05) is 37.7 Å². The average molecular weight is 285 g/mol. The molecular weight excluding hydrogens is 266 g/mol. The lowest BCUT2D eigenvalue weighted by Gasteiger charge is -2.27. The van der Waals surface area contributed by atoms with Gasteiger partial charge >= 0.3 is 0 Å². The van der Waals surface area contributed by atoms with Gasteiger partial charge in [-0.25, -0.2) is 9.97 Å². The van der Waals surface area contributed by atoms with Gasteiger partial charge in [0.1, 0.15) is 11.3 Å². The molecule has 2 aliphatic heterocycles. The number of hydrogen-bond acceptors (Lipinski definition) is 6. The van der Waals surface area contributed by atoms with Crippen LogP contribution in [0.2, 0.25) is 0 Å². The van der Waals surface area contributed by atoms with Crippen molar-refractivity contribution >= 4 is 16.9 Å². The largest absolute Gasteiger partial charge is 0.378 e. The van der Waals surface area contributed by atoms with Gasteiger partial charge in [0.05, 0.1) is 31.1 Å². The van der Waals surface area contributed by atoms with Crippen LogP contribution in [0.1, 0.15) is 24.4 Å². The van der Waals surface area contributed by atoms with E-state index in [0.29, 0.717) is 6.04 Å². The molecule has 4 heterocycles. The lowest BCUT2D eigenvalue weighted by atomic mass is 10.1. The Morgan fingerprint density at radius 1 is 1.19 bits per heavy atom. The molecule has 1 N–H and O–H groups in total. The van der Waals surface area contributed by atoms with Gasteiger partial charge in [-0.2, -0.15) is 0 Å². The third-order valence-corrected chi connectivity index (χ3v) is 4.24. The molecule has 2 aliphatic rings. The minimum absolute atomic E-state index is 0.357. The van der Waals surface area contributed by atoms with Crippen molar-refractivity contribution < 1.29 is 4.74 Å². The molecule has 21 heavy (non-hydrogen) atoms. The molecule has 0 saturated carbocycles. The van der Waals surface area contributed by atoms with E-state index in [-0.39, 0.29) is 0 Å². The molecule has 0 radical (unpaired) electrons.